The minimum atomic E-state index is -0.0988. The number of unbranched alkanes of at least 4 members (excludes halogenated alkanes) is 2. The summed E-state index contributed by atoms with van der Waals surface area (Å²) in [5, 5.41) is 0. The lowest BCUT2D eigenvalue weighted by Gasteiger charge is -2.16. The predicted molar refractivity (Wildman–Crippen MR) is 90.3 cm³/mol. The van der Waals surface area contributed by atoms with Crippen LogP contribution in [0.1, 0.15) is 85.5 Å². The summed E-state index contributed by atoms with van der Waals surface area (Å²) in [7, 11) is 0. The number of hydrogen-bond donors (Lipinski definition) is 2. The highest BCUT2D eigenvalue weighted by Crippen LogP contribution is 2.17. The van der Waals surface area contributed by atoms with Gasteiger partial charge >= 0.3 is 5.97 Å². The standard InChI is InChI=1S/C17H35NO2.H3N/c1-5-9-11-15(7-3)13-17(19)20-18-14-16(8-4)12-10-6-2;/h15-16,18H,5-14H2,1-4H3;1H3. The number of carbonyl (C=O) groups is 1. The van der Waals surface area contributed by atoms with Crippen LogP contribution in [0.2, 0.25) is 0 Å². The Morgan fingerprint density at radius 1 is 0.952 bits per heavy atom. The van der Waals surface area contributed by atoms with E-state index in [9.17, 15) is 4.79 Å². The fourth-order valence-electron chi connectivity index (χ4n) is 2.40. The topological polar surface area (TPSA) is 73.3 Å². The van der Waals surface area contributed by atoms with Crippen LogP contribution >= 0.6 is 0 Å². The smallest absolute Gasteiger partial charge is 0.325 e. The van der Waals surface area contributed by atoms with Crippen LogP contribution in [0, 0.1) is 11.8 Å². The van der Waals surface area contributed by atoms with E-state index in [-0.39, 0.29) is 12.1 Å². The van der Waals surface area contributed by atoms with Crippen molar-refractivity contribution in [2.75, 3.05) is 6.54 Å². The van der Waals surface area contributed by atoms with Gasteiger partial charge in [0.25, 0.3) is 0 Å². The minimum absolute atomic E-state index is 0. The molecule has 0 aliphatic rings. The molecule has 4 heteroatoms. The van der Waals surface area contributed by atoms with Gasteiger partial charge in [-0.05, 0) is 24.7 Å². The first-order valence-corrected chi connectivity index (χ1v) is 8.60. The van der Waals surface area contributed by atoms with Gasteiger partial charge in [0.2, 0.25) is 0 Å². The predicted octanol–water partition coefficient (Wildman–Crippen LogP) is 5.02. The second kappa shape index (κ2) is 15.8. The molecule has 4 nitrogen and oxygen atoms in total. The number of rotatable bonds is 13. The molecule has 0 aromatic carbocycles. The van der Waals surface area contributed by atoms with Crippen molar-refractivity contribution in [3.8, 4) is 0 Å². The number of hydroxylamine groups is 1. The Morgan fingerprint density at radius 3 is 1.95 bits per heavy atom. The third-order valence-electron chi connectivity index (χ3n) is 4.10. The van der Waals surface area contributed by atoms with E-state index in [4.69, 9.17) is 4.84 Å². The molecule has 0 heterocycles. The van der Waals surface area contributed by atoms with Crippen molar-refractivity contribution in [1.82, 2.24) is 11.6 Å². The highest BCUT2D eigenvalue weighted by molar-refractivity contribution is 5.69. The van der Waals surface area contributed by atoms with E-state index in [2.05, 4.69) is 33.2 Å². The van der Waals surface area contributed by atoms with E-state index in [1.165, 1.54) is 32.1 Å². The van der Waals surface area contributed by atoms with Crippen molar-refractivity contribution in [3.05, 3.63) is 0 Å². The molecule has 0 spiro atoms. The first-order valence-electron chi connectivity index (χ1n) is 8.60. The van der Waals surface area contributed by atoms with Crippen LogP contribution in [0.3, 0.4) is 0 Å². The van der Waals surface area contributed by atoms with E-state index in [0.717, 1.165) is 25.8 Å². The molecule has 0 aromatic rings. The summed E-state index contributed by atoms with van der Waals surface area (Å²) in [4.78, 5) is 17.0. The molecular formula is C17H38N2O2. The van der Waals surface area contributed by atoms with Crippen molar-refractivity contribution < 1.29 is 9.63 Å². The van der Waals surface area contributed by atoms with Gasteiger partial charge in [-0.15, -0.1) is 0 Å². The van der Waals surface area contributed by atoms with Gasteiger partial charge in [-0.3, -0.25) is 4.79 Å². The van der Waals surface area contributed by atoms with Crippen LogP contribution in [0.15, 0.2) is 0 Å². The maximum absolute atomic E-state index is 11.8. The van der Waals surface area contributed by atoms with E-state index in [0.29, 0.717) is 18.3 Å². The molecule has 0 aliphatic heterocycles. The minimum Gasteiger partial charge on any atom is -0.371 e. The fourth-order valence-corrected chi connectivity index (χ4v) is 2.40. The quantitative estimate of drug-likeness (QED) is 0.468. The summed E-state index contributed by atoms with van der Waals surface area (Å²) < 4.78 is 0. The van der Waals surface area contributed by atoms with Crippen molar-refractivity contribution in [2.45, 2.75) is 85.5 Å². The Kier molecular flexibility index (Phi) is 17.0. The van der Waals surface area contributed by atoms with E-state index in [1.54, 1.807) is 0 Å². The molecule has 0 rings (SSSR count). The summed E-state index contributed by atoms with van der Waals surface area (Å²) in [6.07, 6.45) is 9.97. The number of carbonyl (C=O) groups excluding carboxylic acids is 1. The lowest BCUT2D eigenvalue weighted by molar-refractivity contribution is -0.152. The van der Waals surface area contributed by atoms with Crippen LogP contribution in [0.5, 0.6) is 0 Å². The van der Waals surface area contributed by atoms with Crippen LogP contribution in [0.25, 0.3) is 0 Å². The molecular weight excluding hydrogens is 264 g/mol. The fraction of sp³-hybridized carbons (Fsp3) is 0.941. The van der Waals surface area contributed by atoms with E-state index < -0.39 is 0 Å². The lowest BCUT2D eigenvalue weighted by Crippen LogP contribution is -2.27. The average Bonchev–Trinajstić information content (AvgIpc) is 2.46. The maximum atomic E-state index is 11.8. The van der Waals surface area contributed by atoms with Gasteiger partial charge in [0.05, 0.1) is 6.42 Å². The number of hydrogen-bond acceptors (Lipinski definition) is 4. The van der Waals surface area contributed by atoms with Gasteiger partial charge in [-0.25, -0.2) is 0 Å². The van der Waals surface area contributed by atoms with Crippen molar-refractivity contribution in [2.24, 2.45) is 11.8 Å². The van der Waals surface area contributed by atoms with E-state index in [1.807, 2.05) is 0 Å². The normalized spacial score (nSPS) is 13.3. The zero-order valence-corrected chi connectivity index (χ0v) is 14.7. The first-order chi connectivity index (χ1) is 9.67. The zero-order valence-electron chi connectivity index (χ0n) is 14.7. The Labute approximate surface area is 131 Å². The summed E-state index contributed by atoms with van der Waals surface area (Å²) in [5.74, 6) is 0.995. The molecule has 4 N–H and O–H groups in total. The van der Waals surface area contributed by atoms with Crippen molar-refractivity contribution in [3.63, 3.8) is 0 Å². The molecule has 21 heavy (non-hydrogen) atoms. The molecule has 0 aromatic heterocycles. The molecule has 0 aliphatic carbocycles. The molecule has 2 atom stereocenters. The monoisotopic (exact) mass is 302 g/mol. The SMILES string of the molecule is CCCCC(CC)CNOC(=O)CC(CC)CCCC.N. The number of nitrogens with one attached hydrogen (secondary N) is 1. The van der Waals surface area contributed by atoms with Crippen LogP contribution < -0.4 is 11.6 Å². The molecule has 0 bridgehead atoms. The Bertz CT molecular complexity index is 235. The summed E-state index contributed by atoms with van der Waals surface area (Å²) in [6, 6.07) is 0. The molecule has 0 saturated carbocycles. The van der Waals surface area contributed by atoms with Gasteiger partial charge in [-0.1, -0.05) is 66.2 Å². The molecule has 0 amide bonds. The highest BCUT2D eigenvalue weighted by atomic mass is 16.7. The zero-order chi connectivity index (χ0) is 15.2. The van der Waals surface area contributed by atoms with Crippen LogP contribution in [-0.4, -0.2) is 12.5 Å². The van der Waals surface area contributed by atoms with Gasteiger partial charge in [0, 0.05) is 6.54 Å². The van der Waals surface area contributed by atoms with Gasteiger partial charge in [0.15, 0.2) is 0 Å². The lowest BCUT2D eigenvalue weighted by atomic mass is 9.96. The maximum Gasteiger partial charge on any atom is 0.325 e. The first kappa shape index (κ1) is 22.7. The average molecular weight is 303 g/mol. The molecule has 128 valence electrons. The highest BCUT2D eigenvalue weighted by Gasteiger charge is 2.13. The van der Waals surface area contributed by atoms with Gasteiger partial charge < -0.3 is 11.0 Å². The van der Waals surface area contributed by atoms with Crippen LogP contribution in [-0.2, 0) is 9.63 Å². The van der Waals surface area contributed by atoms with E-state index >= 15 is 0 Å². The summed E-state index contributed by atoms with van der Waals surface area (Å²) in [6.45, 7) is 9.53. The van der Waals surface area contributed by atoms with Crippen LogP contribution in [0.4, 0.5) is 0 Å². The largest absolute Gasteiger partial charge is 0.371 e. The third kappa shape index (κ3) is 12.8. The molecule has 0 fully saturated rings. The second-order valence-corrected chi connectivity index (χ2v) is 5.86. The van der Waals surface area contributed by atoms with Crippen molar-refractivity contribution >= 4 is 5.97 Å². The second-order valence-electron chi connectivity index (χ2n) is 5.86. The Morgan fingerprint density at radius 2 is 1.48 bits per heavy atom. The van der Waals surface area contributed by atoms with Gasteiger partial charge in [-0.2, -0.15) is 5.48 Å². The van der Waals surface area contributed by atoms with Gasteiger partial charge in [0.1, 0.15) is 0 Å². The summed E-state index contributed by atoms with van der Waals surface area (Å²) >= 11 is 0. The molecule has 0 radical (unpaired) electrons. The third-order valence-corrected chi connectivity index (χ3v) is 4.10. The Hall–Kier alpha value is -0.610. The molecule has 0 saturated heterocycles. The molecule has 2 unspecified atom stereocenters. The Balaban J connectivity index is 0. The summed E-state index contributed by atoms with van der Waals surface area (Å²) in [5.41, 5.74) is 2.88. The van der Waals surface area contributed by atoms with Crippen molar-refractivity contribution in [1.29, 1.82) is 0 Å².